The van der Waals surface area contributed by atoms with Crippen LogP contribution in [0.1, 0.15) is 54.2 Å². The lowest BCUT2D eigenvalue weighted by atomic mass is 9.89. The van der Waals surface area contributed by atoms with E-state index in [0.29, 0.717) is 5.92 Å². The van der Waals surface area contributed by atoms with E-state index in [1.54, 1.807) is 0 Å². The maximum absolute atomic E-state index is 12.9. The molecule has 1 aliphatic rings. The highest BCUT2D eigenvalue weighted by molar-refractivity contribution is 5.93. The molecule has 1 amide bonds. The summed E-state index contributed by atoms with van der Waals surface area (Å²) in [6.07, 6.45) is 6.68. The number of H-pyrrole nitrogens is 1. The van der Waals surface area contributed by atoms with Gasteiger partial charge in [-0.25, -0.2) is 13.8 Å². The largest absolute Gasteiger partial charge is 0.497 e. The fourth-order valence-corrected chi connectivity index (χ4v) is 3.77. The molecule has 8 heteroatoms. The molecule has 0 bridgehead atoms. The van der Waals surface area contributed by atoms with Crippen LogP contribution in [0.4, 0.5) is 14.5 Å². The molecule has 31 heavy (non-hydrogen) atoms. The Morgan fingerprint density at radius 1 is 1.13 bits per heavy atom. The van der Waals surface area contributed by atoms with E-state index < -0.39 is 23.1 Å². The number of hydrogen-bond acceptors (Lipinski definition) is 4. The van der Waals surface area contributed by atoms with Gasteiger partial charge in [-0.1, -0.05) is 19.3 Å². The third-order valence-corrected chi connectivity index (χ3v) is 5.49. The number of nitrogens with zero attached hydrogens (tertiary/aromatic N) is 2. The lowest BCUT2D eigenvalue weighted by molar-refractivity contribution is 0.0992. The van der Waals surface area contributed by atoms with Crippen molar-refractivity contribution in [2.24, 2.45) is 5.73 Å². The Hall–Kier alpha value is -3.16. The van der Waals surface area contributed by atoms with Crippen molar-refractivity contribution in [1.82, 2.24) is 9.97 Å². The molecule has 0 radical (unpaired) electrons. The average molecular weight is 430 g/mol. The first-order chi connectivity index (χ1) is 14.8. The fourth-order valence-electron chi connectivity index (χ4n) is 3.77. The molecule has 3 N–H and O–H groups in total. The number of primary amides is 1. The molecule has 1 saturated carbocycles. The summed E-state index contributed by atoms with van der Waals surface area (Å²) in [5.41, 5.74) is 7.49. The zero-order chi connectivity index (χ0) is 22.5. The van der Waals surface area contributed by atoms with Crippen LogP contribution >= 0.6 is 0 Å². The van der Waals surface area contributed by atoms with Gasteiger partial charge in [-0.2, -0.15) is 0 Å². The van der Waals surface area contributed by atoms with Gasteiger partial charge in [0.15, 0.2) is 0 Å². The maximum Gasteiger partial charge on any atom is 0.254 e. The molecular weight excluding hydrogens is 402 g/mol. The second-order valence-corrected chi connectivity index (χ2v) is 7.88. The first-order valence-corrected chi connectivity index (χ1v) is 10.3. The minimum absolute atomic E-state index is 0.000000000000000222. The number of aromatic amines is 1. The van der Waals surface area contributed by atoms with Crippen molar-refractivity contribution in [3.63, 3.8) is 0 Å². The van der Waals surface area contributed by atoms with Gasteiger partial charge in [-0.3, -0.25) is 4.79 Å². The van der Waals surface area contributed by atoms with Gasteiger partial charge in [0.2, 0.25) is 0 Å². The molecule has 1 fully saturated rings. The maximum atomic E-state index is 12.9. The molecular formula is C23H28F2N4O2. The molecule has 0 saturated heterocycles. The summed E-state index contributed by atoms with van der Waals surface area (Å²) >= 11 is 0. The van der Waals surface area contributed by atoms with E-state index in [0.717, 1.165) is 17.6 Å². The number of carbonyl (C=O) groups is 1. The van der Waals surface area contributed by atoms with Gasteiger partial charge in [-0.15, -0.1) is 0 Å². The van der Waals surface area contributed by atoms with Gasteiger partial charge in [0.1, 0.15) is 28.8 Å². The van der Waals surface area contributed by atoms with Crippen molar-refractivity contribution in [3.8, 4) is 5.75 Å². The lowest BCUT2D eigenvalue weighted by Crippen LogP contribution is -2.15. The van der Waals surface area contributed by atoms with Crippen LogP contribution in [0.25, 0.3) is 11.0 Å². The van der Waals surface area contributed by atoms with Gasteiger partial charge in [0.05, 0.1) is 18.1 Å². The minimum atomic E-state index is -1.14. The normalized spacial score (nSPS) is 14.1. The zero-order valence-corrected chi connectivity index (χ0v) is 18.0. The van der Waals surface area contributed by atoms with Crippen LogP contribution in [0.15, 0.2) is 30.3 Å². The molecule has 1 aromatic heterocycles. The first kappa shape index (κ1) is 22.5. The summed E-state index contributed by atoms with van der Waals surface area (Å²) < 4.78 is 30.4. The second kappa shape index (κ2) is 9.76. The van der Waals surface area contributed by atoms with Crippen molar-refractivity contribution < 1.29 is 18.3 Å². The van der Waals surface area contributed by atoms with Crippen LogP contribution in [-0.2, 0) is 0 Å². The number of nitrogens with one attached hydrogen (secondary N) is 1. The Morgan fingerprint density at radius 3 is 2.32 bits per heavy atom. The topological polar surface area (TPSA) is 84.2 Å². The number of rotatable bonds is 4. The Morgan fingerprint density at radius 2 is 1.77 bits per heavy atom. The number of hydrogen-bond donors (Lipinski definition) is 2. The second-order valence-electron chi connectivity index (χ2n) is 7.88. The zero-order valence-electron chi connectivity index (χ0n) is 18.0. The summed E-state index contributed by atoms with van der Waals surface area (Å²) in [5.74, 6) is -1.35. The molecule has 3 aromatic rings. The highest BCUT2D eigenvalue weighted by atomic mass is 19.1. The van der Waals surface area contributed by atoms with Gasteiger partial charge in [-0.05, 0) is 31.0 Å². The molecule has 0 aliphatic heterocycles. The monoisotopic (exact) mass is 430 g/mol. The Labute approximate surface area is 180 Å². The van der Waals surface area contributed by atoms with Gasteiger partial charge >= 0.3 is 0 Å². The fraction of sp³-hybridized carbons (Fsp3) is 0.391. The summed E-state index contributed by atoms with van der Waals surface area (Å²) in [6.45, 7) is 0. The molecule has 4 rings (SSSR count). The predicted octanol–water partition coefficient (Wildman–Crippen LogP) is 4.75. The van der Waals surface area contributed by atoms with Gasteiger partial charge in [0, 0.05) is 37.8 Å². The number of anilines is 1. The van der Waals surface area contributed by atoms with Crippen molar-refractivity contribution in [2.75, 3.05) is 26.1 Å². The van der Waals surface area contributed by atoms with Crippen molar-refractivity contribution in [3.05, 3.63) is 53.4 Å². The van der Waals surface area contributed by atoms with E-state index in [4.69, 9.17) is 10.7 Å². The van der Waals surface area contributed by atoms with Crippen LogP contribution in [0.3, 0.4) is 0 Å². The standard InChI is InChI=1S/C15H21N3.C8H7F2NO2/c1-18(2)12-8-9-13-14(10-12)17-15(16-13)11-6-4-3-5-7-11;1-13-4-2-5(9)7(8(11)12)6(10)3-4/h8-11H,3-7H2,1-2H3,(H,16,17);2-3H,1H3,(H2,11,12). The highest BCUT2D eigenvalue weighted by Crippen LogP contribution is 2.32. The third-order valence-electron chi connectivity index (χ3n) is 5.49. The number of halogens is 2. The molecule has 166 valence electrons. The van der Waals surface area contributed by atoms with E-state index >= 15 is 0 Å². The number of ether oxygens (including phenoxy) is 1. The van der Waals surface area contributed by atoms with E-state index in [1.807, 2.05) is 0 Å². The number of aromatic nitrogens is 2. The summed E-state index contributed by atoms with van der Waals surface area (Å²) in [7, 11) is 5.40. The first-order valence-electron chi connectivity index (χ1n) is 10.3. The Bertz CT molecular complexity index is 1040. The van der Waals surface area contributed by atoms with Gasteiger partial charge < -0.3 is 20.4 Å². The molecule has 0 spiro atoms. The van der Waals surface area contributed by atoms with Crippen LogP contribution in [0.5, 0.6) is 5.75 Å². The molecule has 1 heterocycles. The number of imidazole rings is 1. The minimum Gasteiger partial charge on any atom is -0.497 e. The van der Waals surface area contributed by atoms with E-state index in [2.05, 4.69) is 46.9 Å². The van der Waals surface area contributed by atoms with E-state index in [-0.39, 0.29) is 5.75 Å². The summed E-state index contributed by atoms with van der Waals surface area (Å²) in [5, 5.41) is 0. The Balaban J connectivity index is 0.000000187. The number of nitrogens with two attached hydrogens (primary N) is 1. The average Bonchev–Trinajstić information content (AvgIpc) is 3.17. The molecule has 0 unspecified atom stereocenters. The SMILES string of the molecule is CN(C)c1ccc2nc(C3CCCCC3)[nH]c2c1.COc1cc(F)c(C(N)=O)c(F)c1. The van der Waals surface area contributed by atoms with Crippen LogP contribution in [0.2, 0.25) is 0 Å². The predicted molar refractivity (Wildman–Crippen MR) is 118 cm³/mol. The van der Waals surface area contributed by atoms with Crippen LogP contribution in [0, 0.1) is 11.6 Å². The number of fused-ring (bicyclic) bond motifs is 1. The van der Waals surface area contributed by atoms with E-state index in [1.165, 1.54) is 56.2 Å². The quantitative estimate of drug-likeness (QED) is 0.626. The van der Waals surface area contributed by atoms with E-state index in [9.17, 15) is 13.6 Å². The number of benzene rings is 2. The summed E-state index contributed by atoms with van der Waals surface area (Å²) in [4.78, 5) is 21.0. The van der Waals surface area contributed by atoms with Gasteiger partial charge in [0.25, 0.3) is 5.91 Å². The smallest absolute Gasteiger partial charge is 0.254 e. The highest BCUT2D eigenvalue weighted by Gasteiger charge is 2.19. The molecule has 0 atom stereocenters. The molecule has 1 aliphatic carbocycles. The van der Waals surface area contributed by atoms with Crippen molar-refractivity contribution >= 4 is 22.6 Å². The van der Waals surface area contributed by atoms with Crippen molar-refractivity contribution in [1.29, 1.82) is 0 Å². The molecule has 2 aromatic carbocycles. The number of methoxy groups -OCH3 is 1. The number of amides is 1. The van der Waals surface area contributed by atoms with Crippen LogP contribution < -0.4 is 15.4 Å². The van der Waals surface area contributed by atoms with Crippen LogP contribution in [-0.4, -0.2) is 37.1 Å². The molecule has 6 nitrogen and oxygen atoms in total. The van der Waals surface area contributed by atoms with Crippen molar-refractivity contribution in [2.45, 2.75) is 38.0 Å². The lowest BCUT2D eigenvalue weighted by Gasteiger charge is -2.18. The summed E-state index contributed by atoms with van der Waals surface area (Å²) in [6, 6.07) is 8.22. The number of carbonyl (C=O) groups excluding carboxylic acids is 1. The third kappa shape index (κ3) is 5.31. The Kier molecular flexibility index (Phi) is 7.09.